The molecule has 1 fully saturated rings. The van der Waals surface area contributed by atoms with Crippen LogP contribution in [0.5, 0.6) is 0 Å². The Morgan fingerprint density at radius 3 is 2.57 bits per heavy atom. The maximum atomic E-state index is 12.6. The maximum absolute atomic E-state index is 12.6. The number of nitriles is 1. The van der Waals surface area contributed by atoms with Gasteiger partial charge in [0.05, 0.1) is 6.61 Å². The molecule has 0 bridgehead atoms. The van der Waals surface area contributed by atoms with Gasteiger partial charge in [0.2, 0.25) is 0 Å². The second kappa shape index (κ2) is 9.98. The molecule has 1 aromatic rings. The van der Waals surface area contributed by atoms with E-state index in [4.69, 9.17) is 4.74 Å². The van der Waals surface area contributed by atoms with Crippen LogP contribution in [0, 0.1) is 25.2 Å². The fraction of sp³-hybridized carbons (Fsp3) is 0.571. The van der Waals surface area contributed by atoms with E-state index in [2.05, 4.69) is 16.8 Å². The Morgan fingerprint density at radius 1 is 1.32 bits per heavy atom. The minimum atomic E-state index is -0.364. The molecule has 1 aromatic heterocycles. The van der Waals surface area contributed by atoms with E-state index < -0.39 is 0 Å². The molecule has 0 unspecified atom stereocenters. The molecule has 1 aliphatic rings. The van der Waals surface area contributed by atoms with Crippen LogP contribution in [0.2, 0.25) is 0 Å². The minimum Gasteiger partial charge on any atom is -0.450 e. The van der Waals surface area contributed by atoms with Crippen LogP contribution in [-0.2, 0) is 16.1 Å². The number of ether oxygens (including phenoxy) is 1. The monoisotopic (exact) mass is 386 g/mol. The molecule has 0 aromatic carbocycles. The molecule has 2 amide bonds. The van der Waals surface area contributed by atoms with Crippen LogP contribution >= 0.6 is 0 Å². The van der Waals surface area contributed by atoms with E-state index in [0.29, 0.717) is 32.5 Å². The van der Waals surface area contributed by atoms with Gasteiger partial charge < -0.3 is 19.5 Å². The van der Waals surface area contributed by atoms with E-state index in [9.17, 15) is 14.9 Å². The fourth-order valence-electron chi connectivity index (χ4n) is 3.53. The molecule has 0 saturated carbocycles. The van der Waals surface area contributed by atoms with Crippen molar-refractivity contribution in [2.24, 2.45) is 0 Å². The molecule has 0 aliphatic carbocycles. The zero-order chi connectivity index (χ0) is 20.7. The van der Waals surface area contributed by atoms with Crippen molar-refractivity contribution in [2.75, 3.05) is 19.7 Å². The summed E-state index contributed by atoms with van der Waals surface area (Å²) in [5, 5.41) is 12.4. The lowest BCUT2D eigenvalue weighted by atomic mass is 10.0. The molecule has 1 N–H and O–H groups in total. The van der Waals surface area contributed by atoms with Crippen molar-refractivity contribution >= 4 is 18.1 Å². The smallest absolute Gasteiger partial charge is 0.409 e. The summed E-state index contributed by atoms with van der Waals surface area (Å²) in [5.74, 6) is -0.364. The predicted molar refractivity (Wildman–Crippen MR) is 108 cm³/mol. The van der Waals surface area contributed by atoms with Crippen LogP contribution in [0.4, 0.5) is 4.79 Å². The van der Waals surface area contributed by atoms with Gasteiger partial charge in [-0.3, -0.25) is 4.79 Å². The van der Waals surface area contributed by atoms with Gasteiger partial charge in [-0.2, -0.15) is 5.26 Å². The van der Waals surface area contributed by atoms with Crippen LogP contribution < -0.4 is 5.32 Å². The lowest BCUT2D eigenvalue weighted by molar-refractivity contribution is -0.118. The highest BCUT2D eigenvalue weighted by atomic mass is 16.6. The van der Waals surface area contributed by atoms with Crippen molar-refractivity contribution in [3.05, 3.63) is 28.6 Å². The summed E-state index contributed by atoms with van der Waals surface area (Å²) in [5.41, 5.74) is 3.18. The maximum Gasteiger partial charge on any atom is 0.409 e. The summed E-state index contributed by atoms with van der Waals surface area (Å²) >= 11 is 0. The highest BCUT2D eigenvalue weighted by Crippen LogP contribution is 2.19. The van der Waals surface area contributed by atoms with E-state index in [1.807, 2.05) is 26.0 Å². The zero-order valence-corrected chi connectivity index (χ0v) is 17.2. The molecule has 0 spiro atoms. The number of amides is 2. The number of aromatic nitrogens is 1. The first kappa shape index (κ1) is 21.5. The Labute approximate surface area is 166 Å². The summed E-state index contributed by atoms with van der Waals surface area (Å²) < 4.78 is 7.20. The van der Waals surface area contributed by atoms with Crippen molar-refractivity contribution in [2.45, 2.75) is 59.5 Å². The number of hydrogen-bond acceptors (Lipinski definition) is 4. The van der Waals surface area contributed by atoms with Crippen molar-refractivity contribution in [3.63, 3.8) is 0 Å². The third-order valence-corrected chi connectivity index (χ3v) is 5.08. The molecule has 0 atom stereocenters. The van der Waals surface area contributed by atoms with Gasteiger partial charge in [0, 0.05) is 37.1 Å². The normalized spacial score (nSPS) is 15.2. The molecule has 28 heavy (non-hydrogen) atoms. The van der Waals surface area contributed by atoms with E-state index >= 15 is 0 Å². The molecular weight excluding hydrogens is 356 g/mol. The first-order valence-corrected chi connectivity index (χ1v) is 9.92. The fourth-order valence-corrected chi connectivity index (χ4v) is 3.53. The number of carbonyl (C=O) groups excluding carboxylic acids is 2. The number of nitrogens with one attached hydrogen (secondary N) is 1. The number of carbonyl (C=O) groups is 2. The SMILES string of the molecule is CCCn1c(C)cc(/C=C(\C#N)C(=O)NC2CCN(C(=O)OCC)CC2)c1C. The number of rotatable bonds is 6. The Kier molecular flexibility index (Phi) is 7.68. The van der Waals surface area contributed by atoms with Gasteiger partial charge in [0.25, 0.3) is 5.91 Å². The second-order valence-corrected chi connectivity index (χ2v) is 7.08. The van der Waals surface area contributed by atoms with E-state index in [1.165, 1.54) is 0 Å². The Morgan fingerprint density at radius 2 is 2.00 bits per heavy atom. The zero-order valence-electron chi connectivity index (χ0n) is 17.2. The van der Waals surface area contributed by atoms with Gasteiger partial charge in [-0.25, -0.2) is 4.79 Å². The van der Waals surface area contributed by atoms with Gasteiger partial charge in [0.1, 0.15) is 11.6 Å². The van der Waals surface area contributed by atoms with Crippen LogP contribution in [0.1, 0.15) is 50.1 Å². The van der Waals surface area contributed by atoms with Crippen molar-refractivity contribution in [3.8, 4) is 6.07 Å². The molecule has 7 nitrogen and oxygen atoms in total. The average Bonchev–Trinajstić information content (AvgIpc) is 2.94. The van der Waals surface area contributed by atoms with Crippen LogP contribution in [0.3, 0.4) is 0 Å². The topological polar surface area (TPSA) is 87.4 Å². The molecule has 2 rings (SSSR count). The molecular formula is C21H30N4O3. The van der Waals surface area contributed by atoms with Gasteiger partial charge in [-0.1, -0.05) is 6.92 Å². The van der Waals surface area contributed by atoms with Crippen LogP contribution in [0.15, 0.2) is 11.6 Å². The van der Waals surface area contributed by atoms with Gasteiger partial charge in [-0.05, 0) is 57.7 Å². The third-order valence-electron chi connectivity index (χ3n) is 5.08. The lowest BCUT2D eigenvalue weighted by Gasteiger charge is -2.31. The Hall–Kier alpha value is -2.75. The quantitative estimate of drug-likeness (QED) is 0.601. The molecule has 1 saturated heterocycles. The third kappa shape index (κ3) is 5.16. The Balaban J connectivity index is 2.01. The Bertz CT molecular complexity index is 780. The van der Waals surface area contributed by atoms with Crippen molar-refractivity contribution in [1.29, 1.82) is 5.26 Å². The van der Waals surface area contributed by atoms with Crippen molar-refractivity contribution < 1.29 is 14.3 Å². The van der Waals surface area contributed by atoms with Gasteiger partial charge >= 0.3 is 6.09 Å². The van der Waals surface area contributed by atoms with Gasteiger partial charge in [-0.15, -0.1) is 0 Å². The first-order valence-electron chi connectivity index (χ1n) is 9.92. The molecule has 7 heteroatoms. The highest BCUT2D eigenvalue weighted by molar-refractivity contribution is 6.02. The molecule has 152 valence electrons. The highest BCUT2D eigenvalue weighted by Gasteiger charge is 2.25. The number of piperidine rings is 1. The largest absolute Gasteiger partial charge is 0.450 e. The summed E-state index contributed by atoms with van der Waals surface area (Å²) in [6.07, 6.45) is 3.67. The van der Waals surface area contributed by atoms with E-state index in [-0.39, 0.29) is 23.6 Å². The van der Waals surface area contributed by atoms with Gasteiger partial charge in [0.15, 0.2) is 0 Å². The predicted octanol–water partition coefficient (Wildman–Crippen LogP) is 3.16. The molecule has 2 heterocycles. The number of aryl methyl sites for hydroxylation is 1. The second-order valence-electron chi connectivity index (χ2n) is 7.08. The summed E-state index contributed by atoms with van der Waals surface area (Å²) in [4.78, 5) is 26.0. The van der Waals surface area contributed by atoms with Crippen molar-refractivity contribution in [1.82, 2.24) is 14.8 Å². The summed E-state index contributed by atoms with van der Waals surface area (Å²) in [7, 11) is 0. The first-order chi connectivity index (χ1) is 13.4. The summed E-state index contributed by atoms with van der Waals surface area (Å²) in [6, 6.07) is 3.98. The number of hydrogen-bond donors (Lipinski definition) is 1. The summed E-state index contributed by atoms with van der Waals surface area (Å²) in [6.45, 7) is 10.3. The van der Waals surface area contributed by atoms with Crippen LogP contribution in [0.25, 0.3) is 6.08 Å². The number of nitrogens with zero attached hydrogens (tertiary/aromatic N) is 3. The molecule has 0 radical (unpaired) electrons. The molecule has 1 aliphatic heterocycles. The standard InChI is InChI=1S/C21H30N4O3/c1-5-9-25-15(3)12-17(16(25)4)13-18(14-22)20(26)23-19-7-10-24(11-8-19)21(27)28-6-2/h12-13,19H,5-11H2,1-4H3,(H,23,26)/b18-13+. The number of likely N-dealkylation sites (tertiary alicyclic amines) is 1. The average molecular weight is 386 g/mol. The lowest BCUT2D eigenvalue weighted by Crippen LogP contribution is -2.46. The minimum absolute atomic E-state index is 0.0533. The van der Waals surface area contributed by atoms with E-state index in [0.717, 1.165) is 29.9 Å². The van der Waals surface area contributed by atoms with E-state index in [1.54, 1.807) is 17.9 Å². The van der Waals surface area contributed by atoms with Crippen LogP contribution in [-0.4, -0.2) is 47.2 Å².